The van der Waals surface area contributed by atoms with Crippen LogP contribution in [0.1, 0.15) is 0 Å². The molecule has 0 bridgehead atoms. The lowest BCUT2D eigenvalue weighted by Crippen LogP contribution is -2.31. The number of anilines is 1. The standard InChI is InChI=1S/C9H10NO2S/c1-10-6-7-13(11,12)9-5-3-2-4-8(9)10/h3-5H,6-7H2,1H3. The lowest BCUT2D eigenvalue weighted by Gasteiger charge is -2.26. The monoisotopic (exact) mass is 196 g/mol. The molecule has 0 unspecified atom stereocenters. The normalized spacial score (nSPS) is 19.6. The van der Waals surface area contributed by atoms with E-state index in [0.29, 0.717) is 11.4 Å². The Labute approximate surface area is 77.9 Å². The van der Waals surface area contributed by atoms with Crippen LogP contribution >= 0.6 is 0 Å². The highest BCUT2D eigenvalue weighted by atomic mass is 32.2. The van der Waals surface area contributed by atoms with Gasteiger partial charge in [-0.3, -0.25) is 0 Å². The molecule has 1 radical (unpaired) electrons. The van der Waals surface area contributed by atoms with E-state index >= 15 is 0 Å². The van der Waals surface area contributed by atoms with Crippen LogP contribution in [-0.4, -0.2) is 27.8 Å². The van der Waals surface area contributed by atoms with Gasteiger partial charge in [-0.15, -0.1) is 0 Å². The second-order valence-corrected chi connectivity index (χ2v) is 5.21. The Morgan fingerprint density at radius 2 is 2.31 bits per heavy atom. The third kappa shape index (κ3) is 1.31. The van der Waals surface area contributed by atoms with E-state index in [2.05, 4.69) is 6.07 Å². The Kier molecular flexibility index (Phi) is 1.80. The molecule has 69 valence electrons. The Balaban J connectivity index is 2.68. The van der Waals surface area contributed by atoms with Crippen LogP contribution in [0.4, 0.5) is 5.69 Å². The van der Waals surface area contributed by atoms with Gasteiger partial charge in [-0.05, 0) is 18.2 Å². The average molecular weight is 196 g/mol. The summed E-state index contributed by atoms with van der Waals surface area (Å²) in [6.07, 6.45) is 0. The molecule has 0 amide bonds. The van der Waals surface area contributed by atoms with Gasteiger partial charge in [0.25, 0.3) is 0 Å². The van der Waals surface area contributed by atoms with E-state index in [0.717, 1.165) is 5.69 Å². The maximum Gasteiger partial charge on any atom is 0.182 e. The molecular formula is C9H10NO2S. The van der Waals surface area contributed by atoms with Gasteiger partial charge in [-0.2, -0.15) is 0 Å². The minimum absolute atomic E-state index is 0.209. The van der Waals surface area contributed by atoms with Crippen LogP contribution in [0.3, 0.4) is 0 Å². The van der Waals surface area contributed by atoms with Crippen molar-refractivity contribution in [3.05, 3.63) is 24.3 Å². The van der Waals surface area contributed by atoms with Crippen molar-refractivity contribution in [2.75, 3.05) is 24.2 Å². The third-order valence-electron chi connectivity index (χ3n) is 2.25. The first kappa shape index (κ1) is 8.56. The number of fused-ring (bicyclic) bond motifs is 1. The number of hydrogen-bond donors (Lipinski definition) is 0. The molecule has 4 heteroatoms. The zero-order valence-corrected chi connectivity index (χ0v) is 8.13. The zero-order valence-electron chi connectivity index (χ0n) is 7.32. The van der Waals surface area contributed by atoms with Crippen molar-refractivity contribution in [3.8, 4) is 0 Å². The van der Waals surface area contributed by atoms with Crippen LogP contribution in [0.2, 0.25) is 0 Å². The fraction of sp³-hybridized carbons (Fsp3) is 0.333. The van der Waals surface area contributed by atoms with E-state index in [4.69, 9.17) is 0 Å². The number of rotatable bonds is 0. The zero-order chi connectivity index (χ0) is 9.47. The molecule has 1 aromatic rings. The molecule has 2 rings (SSSR count). The van der Waals surface area contributed by atoms with Crippen molar-refractivity contribution in [2.24, 2.45) is 0 Å². The van der Waals surface area contributed by atoms with Crippen LogP contribution in [0, 0.1) is 6.07 Å². The molecule has 1 heterocycles. The molecule has 1 aromatic carbocycles. The first-order chi connectivity index (χ1) is 6.11. The highest BCUT2D eigenvalue weighted by Crippen LogP contribution is 2.28. The van der Waals surface area contributed by atoms with Crippen molar-refractivity contribution in [1.29, 1.82) is 0 Å². The third-order valence-corrected chi connectivity index (χ3v) is 3.98. The van der Waals surface area contributed by atoms with E-state index in [9.17, 15) is 8.42 Å². The molecule has 0 saturated carbocycles. The SMILES string of the molecule is CN1CCS(=O)(=O)c2cc[c]cc21. The Bertz CT molecular complexity index is 425. The Hall–Kier alpha value is -1.03. The van der Waals surface area contributed by atoms with Crippen molar-refractivity contribution >= 4 is 15.5 Å². The number of nitrogens with zero attached hydrogens (tertiary/aromatic N) is 1. The van der Waals surface area contributed by atoms with Gasteiger partial charge in [0.1, 0.15) is 0 Å². The number of sulfone groups is 1. The van der Waals surface area contributed by atoms with Crippen LogP contribution in [0.25, 0.3) is 0 Å². The lowest BCUT2D eigenvalue weighted by atomic mass is 10.3. The fourth-order valence-electron chi connectivity index (χ4n) is 1.46. The lowest BCUT2D eigenvalue weighted by molar-refractivity contribution is 0.591. The van der Waals surface area contributed by atoms with Crippen LogP contribution < -0.4 is 4.90 Å². The predicted octanol–water partition coefficient (Wildman–Crippen LogP) is 0.710. The van der Waals surface area contributed by atoms with Crippen molar-refractivity contribution < 1.29 is 8.42 Å². The van der Waals surface area contributed by atoms with Gasteiger partial charge in [-0.1, -0.05) is 6.07 Å². The maximum atomic E-state index is 11.6. The van der Waals surface area contributed by atoms with E-state index in [1.807, 2.05) is 11.9 Å². The molecule has 1 aliphatic rings. The summed E-state index contributed by atoms with van der Waals surface area (Å²) in [5, 5.41) is 0. The first-order valence-corrected chi connectivity index (χ1v) is 5.70. The van der Waals surface area contributed by atoms with Gasteiger partial charge >= 0.3 is 0 Å². The van der Waals surface area contributed by atoms with E-state index in [1.54, 1.807) is 18.2 Å². The van der Waals surface area contributed by atoms with Gasteiger partial charge in [-0.25, -0.2) is 8.42 Å². The molecule has 0 aromatic heterocycles. The Morgan fingerprint density at radius 1 is 1.54 bits per heavy atom. The molecule has 0 fully saturated rings. The van der Waals surface area contributed by atoms with Crippen LogP contribution in [0.5, 0.6) is 0 Å². The fourth-order valence-corrected chi connectivity index (χ4v) is 3.00. The van der Waals surface area contributed by atoms with Crippen LogP contribution in [0.15, 0.2) is 23.1 Å². The molecular weight excluding hydrogens is 186 g/mol. The van der Waals surface area contributed by atoms with E-state index in [-0.39, 0.29) is 5.75 Å². The molecule has 0 aliphatic carbocycles. The highest BCUT2D eigenvalue weighted by molar-refractivity contribution is 7.91. The highest BCUT2D eigenvalue weighted by Gasteiger charge is 2.25. The maximum absolute atomic E-state index is 11.6. The topological polar surface area (TPSA) is 37.4 Å². The summed E-state index contributed by atoms with van der Waals surface area (Å²) in [7, 11) is -1.15. The van der Waals surface area contributed by atoms with Gasteiger partial charge in [0.2, 0.25) is 0 Å². The Morgan fingerprint density at radius 3 is 3.00 bits per heavy atom. The molecule has 0 spiro atoms. The molecule has 0 N–H and O–H groups in total. The van der Waals surface area contributed by atoms with Gasteiger partial charge in [0.15, 0.2) is 9.84 Å². The number of benzene rings is 1. The van der Waals surface area contributed by atoms with E-state index < -0.39 is 9.84 Å². The average Bonchev–Trinajstić information content (AvgIpc) is 2.13. The van der Waals surface area contributed by atoms with Gasteiger partial charge < -0.3 is 4.90 Å². The van der Waals surface area contributed by atoms with Crippen LogP contribution in [-0.2, 0) is 9.84 Å². The van der Waals surface area contributed by atoms with Crippen molar-refractivity contribution in [1.82, 2.24) is 0 Å². The van der Waals surface area contributed by atoms with Gasteiger partial charge in [0, 0.05) is 13.6 Å². The summed E-state index contributed by atoms with van der Waals surface area (Å²) in [6, 6.07) is 7.84. The predicted molar refractivity (Wildman–Crippen MR) is 50.6 cm³/mol. The molecule has 1 aliphatic heterocycles. The summed E-state index contributed by atoms with van der Waals surface area (Å²) in [6.45, 7) is 0.563. The second-order valence-electron chi connectivity index (χ2n) is 3.13. The number of hydrogen-bond acceptors (Lipinski definition) is 3. The summed E-state index contributed by atoms with van der Waals surface area (Å²) >= 11 is 0. The summed E-state index contributed by atoms with van der Waals surface area (Å²) in [5.41, 5.74) is 0.758. The minimum Gasteiger partial charge on any atom is -0.372 e. The molecule has 0 atom stereocenters. The van der Waals surface area contributed by atoms with Crippen molar-refractivity contribution in [2.45, 2.75) is 4.90 Å². The molecule has 3 nitrogen and oxygen atoms in total. The first-order valence-electron chi connectivity index (χ1n) is 4.05. The quantitative estimate of drug-likeness (QED) is 0.613. The molecule has 0 saturated heterocycles. The molecule has 13 heavy (non-hydrogen) atoms. The summed E-state index contributed by atoms with van der Waals surface area (Å²) in [4.78, 5) is 2.37. The largest absolute Gasteiger partial charge is 0.372 e. The minimum atomic E-state index is -3.04. The smallest absolute Gasteiger partial charge is 0.182 e. The van der Waals surface area contributed by atoms with Crippen molar-refractivity contribution in [3.63, 3.8) is 0 Å². The summed E-state index contributed by atoms with van der Waals surface area (Å²) < 4.78 is 23.2. The van der Waals surface area contributed by atoms with Gasteiger partial charge in [0.05, 0.1) is 16.3 Å². The summed E-state index contributed by atoms with van der Waals surface area (Å²) in [5.74, 6) is 0.209. The van der Waals surface area contributed by atoms with E-state index in [1.165, 1.54) is 0 Å². The second kappa shape index (κ2) is 2.73.